The van der Waals surface area contributed by atoms with Crippen LogP contribution in [0, 0.1) is 6.92 Å². The summed E-state index contributed by atoms with van der Waals surface area (Å²) in [7, 11) is 0. The van der Waals surface area contributed by atoms with Crippen molar-refractivity contribution in [2.45, 2.75) is 45.6 Å². The molecule has 2 N–H and O–H groups in total. The molecule has 0 unspecified atom stereocenters. The minimum atomic E-state index is -1.26. The van der Waals surface area contributed by atoms with Gasteiger partial charge in [-0.3, -0.25) is 14.5 Å². The lowest BCUT2D eigenvalue weighted by Crippen LogP contribution is -2.42. The molecule has 0 aliphatic carbocycles. The maximum Gasteiger partial charge on any atom is 0.325 e. The van der Waals surface area contributed by atoms with Gasteiger partial charge < -0.3 is 10.6 Å². The van der Waals surface area contributed by atoms with Crippen molar-refractivity contribution < 1.29 is 14.4 Å². The van der Waals surface area contributed by atoms with Crippen molar-refractivity contribution in [1.29, 1.82) is 0 Å². The standard InChI is InChI=1S/C23H25Cl2N3O3/c1-13-6-11-16(24)19(18(13)25)26-17(29)12-28-20(30)23(5,27-21(28)31)15-9-7-14(8-10-15)22(2,3)4/h6-11H,12H2,1-5H3,(H,26,29)(H,27,31)/t23-/m1/s1. The normalized spacial score (nSPS) is 18.9. The molecule has 3 rings (SSSR count). The van der Waals surface area contributed by atoms with Crippen LogP contribution in [0.25, 0.3) is 0 Å². The fourth-order valence-corrected chi connectivity index (χ4v) is 3.90. The van der Waals surface area contributed by atoms with Crippen LogP contribution in [0.3, 0.4) is 0 Å². The number of benzene rings is 2. The molecule has 4 amide bonds. The predicted octanol–water partition coefficient (Wildman–Crippen LogP) is 5.01. The van der Waals surface area contributed by atoms with Gasteiger partial charge in [-0.2, -0.15) is 0 Å². The number of hydrogen-bond donors (Lipinski definition) is 2. The Morgan fingerprint density at radius 3 is 2.29 bits per heavy atom. The molecule has 0 radical (unpaired) electrons. The van der Waals surface area contributed by atoms with Crippen molar-refractivity contribution in [3.63, 3.8) is 0 Å². The Balaban J connectivity index is 1.79. The summed E-state index contributed by atoms with van der Waals surface area (Å²) >= 11 is 12.4. The minimum Gasteiger partial charge on any atom is -0.322 e. The van der Waals surface area contributed by atoms with Gasteiger partial charge in [-0.15, -0.1) is 0 Å². The van der Waals surface area contributed by atoms with Crippen LogP contribution in [0.4, 0.5) is 10.5 Å². The quantitative estimate of drug-likeness (QED) is 0.628. The Bertz CT molecular complexity index is 1060. The first-order chi connectivity index (χ1) is 14.3. The molecule has 2 aromatic carbocycles. The summed E-state index contributed by atoms with van der Waals surface area (Å²) in [4.78, 5) is 39.1. The molecule has 1 heterocycles. The topological polar surface area (TPSA) is 78.5 Å². The van der Waals surface area contributed by atoms with E-state index >= 15 is 0 Å². The van der Waals surface area contributed by atoms with Crippen molar-refractivity contribution in [2.24, 2.45) is 0 Å². The monoisotopic (exact) mass is 461 g/mol. The number of amides is 4. The average molecular weight is 462 g/mol. The minimum absolute atomic E-state index is 0.0369. The molecule has 0 saturated carbocycles. The van der Waals surface area contributed by atoms with Crippen molar-refractivity contribution in [1.82, 2.24) is 10.2 Å². The van der Waals surface area contributed by atoms with Crippen LogP contribution >= 0.6 is 23.2 Å². The summed E-state index contributed by atoms with van der Waals surface area (Å²) in [5.41, 5.74) is 1.45. The molecule has 1 fully saturated rings. The Kier molecular flexibility index (Phi) is 6.09. The van der Waals surface area contributed by atoms with E-state index in [0.717, 1.165) is 16.0 Å². The van der Waals surface area contributed by atoms with E-state index in [-0.39, 0.29) is 16.1 Å². The summed E-state index contributed by atoms with van der Waals surface area (Å²) in [6.45, 7) is 9.24. The first-order valence-electron chi connectivity index (χ1n) is 9.84. The highest BCUT2D eigenvalue weighted by atomic mass is 35.5. The molecule has 0 spiro atoms. The predicted molar refractivity (Wildman–Crippen MR) is 123 cm³/mol. The Hall–Kier alpha value is -2.57. The number of carbonyl (C=O) groups is 3. The lowest BCUT2D eigenvalue weighted by atomic mass is 9.84. The van der Waals surface area contributed by atoms with Gasteiger partial charge >= 0.3 is 6.03 Å². The van der Waals surface area contributed by atoms with Crippen molar-refractivity contribution >= 4 is 46.7 Å². The van der Waals surface area contributed by atoms with E-state index in [1.54, 1.807) is 26.0 Å². The number of nitrogens with one attached hydrogen (secondary N) is 2. The van der Waals surface area contributed by atoms with Crippen LogP contribution in [-0.4, -0.2) is 29.3 Å². The summed E-state index contributed by atoms with van der Waals surface area (Å²) in [5.74, 6) is -1.08. The van der Waals surface area contributed by atoms with Gasteiger partial charge in [0.1, 0.15) is 12.1 Å². The summed E-state index contributed by atoms with van der Waals surface area (Å²) < 4.78 is 0. The number of hydrogen-bond acceptors (Lipinski definition) is 3. The summed E-state index contributed by atoms with van der Waals surface area (Å²) in [6.07, 6.45) is 0. The summed E-state index contributed by atoms with van der Waals surface area (Å²) in [6, 6.07) is 10.2. The van der Waals surface area contributed by atoms with Crippen LogP contribution in [-0.2, 0) is 20.5 Å². The Labute approximate surface area is 191 Å². The highest BCUT2D eigenvalue weighted by Gasteiger charge is 2.49. The number of anilines is 1. The van der Waals surface area contributed by atoms with Crippen LogP contribution in [0.1, 0.15) is 44.4 Å². The van der Waals surface area contributed by atoms with Gasteiger partial charge in [0.25, 0.3) is 5.91 Å². The molecule has 6 nitrogen and oxygen atoms in total. The van der Waals surface area contributed by atoms with Crippen LogP contribution < -0.4 is 10.6 Å². The fraction of sp³-hybridized carbons (Fsp3) is 0.348. The van der Waals surface area contributed by atoms with E-state index in [2.05, 4.69) is 31.4 Å². The SMILES string of the molecule is Cc1ccc(Cl)c(NC(=O)CN2C(=O)N[C@](C)(c3ccc(C(C)(C)C)cc3)C2=O)c1Cl. The fourth-order valence-electron chi connectivity index (χ4n) is 3.43. The number of rotatable bonds is 4. The molecule has 1 atom stereocenters. The second-order valence-corrected chi connectivity index (χ2v) is 9.66. The number of aryl methyl sites for hydroxylation is 1. The molecule has 0 bridgehead atoms. The third kappa shape index (κ3) is 4.41. The first-order valence-corrected chi connectivity index (χ1v) is 10.6. The van der Waals surface area contributed by atoms with Gasteiger partial charge in [0.05, 0.1) is 15.7 Å². The molecule has 8 heteroatoms. The van der Waals surface area contributed by atoms with Crippen LogP contribution in [0.5, 0.6) is 0 Å². The number of halogens is 2. The number of nitrogens with zero attached hydrogens (tertiary/aromatic N) is 1. The van der Waals surface area contributed by atoms with Crippen molar-refractivity contribution in [2.75, 3.05) is 11.9 Å². The summed E-state index contributed by atoms with van der Waals surface area (Å²) in [5, 5.41) is 5.89. The highest BCUT2D eigenvalue weighted by Crippen LogP contribution is 2.34. The highest BCUT2D eigenvalue weighted by molar-refractivity contribution is 6.40. The zero-order chi connectivity index (χ0) is 23.1. The molecule has 0 aromatic heterocycles. The number of imide groups is 1. The van der Waals surface area contributed by atoms with Gasteiger partial charge in [-0.25, -0.2) is 4.79 Å². The van der Waals surface area contributed by atoms with E-state index in [9.17, 15) is 14.4 Å². The van der Waals surface area contributed by atoms with E-state index in [4.69, 9.17) is 23.2 Å². The molecule has 1 aliphatic rings. The van der Waals surface area contributed by atoms with E-state index in [1.807, 2.05) is 24.3 Å². The number of urea groups is 1. The smallest absolute Gasteiger partial charge is 0.322 e. The lowest BCUT2D eigenvalue weighted by molar-refractivity contribution is -0.133. The van der Waals surface area contributed by atoms with Crippen molar-refractivity contribution in [3.05, 3.63) is 63.1 Å². The maximum atomic E-state index is 13.1. The molecule has 1 saturated heterocycles. The van der Waals surface area contributed by atoms with E-state index < -0.39 is 29.9 Å². The second kappa shape index (κ2) is 8.17. The van der Waals surface area contributed by atoms with E-state index in [1.165, 1.54) is 0 Å². The van der Waals surface area contributed by atoms with Gasteiger partial charge in [0.15, 0.2) is 0 Å². The Morgan fingerprint density at radius 2 is 1.71 bits per heavy atom. The zero-order valence-electron chi connectivity index (χ0n) is 18.1. The largest absolute Gasteiger partial charge is 0.325 e. The van der Waals surface area contributed by atoms with Crippen LogP contribution in [0.2, 0.25) is 10.0 Å². The van der Waals surface area contributed by atoms with Crippen molar-refractivity contribution in [3.8, 4) is 0 Å². The van der Waals surface area contributed by atoms with Gasteiger partial charge in [-0.05, 0) is 42.0 Å². The Morgan fingerprint density at radius 1 is 1.10 bits per heavy atom. The number of carbonyl (C=O) groups excluding carboxylic acids is 3. The lowest BCUT2D eigenvalue weighted by Gasteiger charge is -2.24. The van der Waals surface area contributed by atoms with Gasteiger partial charge in [0.2, 0.25) is 5.91 Å². The molecule has 2 aromatic rings. The average Bonchev–Trinajstić information content (AvgIpc) is 2.91. The first kappa shape index (κ1) is 23.1. The third-order valence-electron chi connectivity index (χ3n) is 5.45. The van der Waals surface area contributed by atoms with Gasteiger partial charge in [-0.1, -0.05) is 74.3 Å². The van der Waals surface area contributed by atoms with Crippen LogP contribution in [0.15, 0.2) is 36.4 Å². The van der Waals surface area contributed by atoms with Gasteiger partial charge in [0, 0.05) is 0 Å². The molecule has 1 aliphatic heterocycles. The zero-order valence-corrected chi connectivity index (χ0v) is 19.6. The maximum absolute atomic E-state index is 13.1. The second-order valence-electron chi connectivity index (χ2n) is 8.88. The third-order valence-corrected chi connectivity index (χ3v) is 6.26. The molecular weight excluding hydrogens is 437 g/mol. The van der Waals surface area contributed by atoms with E-state index in [0.29, 0.717) is 10.6 Å². The molecule has 164 valence electrons. The molecule has 31 heavy (non-hydrogen) atoms. The molecular formula is C23H25Cl2N3O3.